The molecule has 0 radical (unpaired) electrons. The molecular formula is C8H20ClN3. The first-order chi connectivity index (χ1) is 5.34. The van der Waals surface area contributed by atoms with Crippen LogP contribution in [0.1, 0.15) is 19.3 Å². The summed E-state index contributed by atoms with van der Waals surface area (Å²) < 4.78 is 0. The van der Waals surface area contributed by atoms with Crippen molar-refractivity contribution in [2.24, 2.45) is 5.73 Å². The van der Waals surface area contributed by atoms with Crippen LogP contribution >= 0.6 is 12.4 Å². The van der Waals surface area contributed by atoms with Crippen LogP contribution in [0, 0.1) is 0 Å². The molecule has 74 valence electrons. The van der Waals surface area contributed by atoms with E-state index in [4.69, 9.17) is 5.73 Å². The van der Waals surface area contributed by atoms with Gasteiger partial charge in [-0.05, 0) is 25.8 Å². The van der Waals surface area contributed by atoms with Crippen molar-refractivity contribution in [1.29, 1.82) is 0 Å². The van der Waals surface area contributed by atoms with Crippen molar-refractivity contribution in [2.75, 3.05) is 33.2 Å². The van der Waals surface area contributed by atoms with Crippen molar-refractivity contribution in [3.63, 3.8) is 0 Å². The van der Waals surface area contributed by atoms with Gasteiger partial charge in [-0.2, -0.15) is 0 Å². The lowest BCUT2D eigenvalue weighted by molar-refractivity contribution is 0.0243. The van der Waals surface area contributed by atoms with Crippen molar-refractivity contribution in [2.45, 2.75) is 19.3 Å². The topological polar surface area (TPSA) is 32.5 Å². The fourth-order valence-corrected chi connectivity index (χ4v) is 1.50. The summed E-state index contributed by atoms with van der Waals surface area (Å²) in [4.78, 5) is 0. The van der Waals surface area contributed by atoms with Crippen LogP contribution in [0.4, 0.5) is 0 Å². The lowest BCUT2D eigenvalue weighted by atomic mass is 10.4. The quantitative estimate of drug-likeness (QED) is 0.714. The van der Waals surface area contributed by atoms with Crippen LogP contribution in [-0.2, 0) is 0 Å². The average Bonchev–Trinajstić information content (AvgIpc) is 2.52. The van der Waals surface area contributed by atoms with E-state index in [2.05, 4.69) is 17.1 Å². The Morgan fingerprint density at radius 2 is 1.92 bits per heavy atom. The predicted molar refractivity (Wildman–Crippen MR) is 54.4 cm³/mol. The third kappa shape index (κ3) is 3.72. The van der Waals surface area contributed by atoms with Crippen molar-refractivity contribution < 1.29 is 0 Å². The molecule has 0 spiro atoms. The lowest BCUT2D eigenvalue weighted by Crippen LogP contribution is -2.38. The molecule has 1 fully saturated rings. The lowest BCUT2D eigenvalue weighted by Gasteiger charge is -2.27. The first-order valence-electron chi connectivity index (χ1n) is 4.50. The zero-order chi connectivity index (χ0) is 8.10. The highest BCUT2D eigenvalue weighted by Crippen LogP contribution is 2.09. The Morgan fingerprint density at radius 3 is 2.42 bits per heavy atom. The molecule has 0 bridgehead atoms. The summed E-state index contributed by atoms with van der Waals surface area (Å²) >= 11 is 0. The van der Waals surface area contributed by atoms with Gasteiger partial charge in [0.25, 0.3) is 0 Å². The summed E-state index contributed by atoms with van der Waals surface area (Å²) in [6.45, 7) is 4.39. The molecular weight excluding hydrogens is 174 g/mol. The van der Waals surface area contributed by atoms with Crippen molar-refractivity contribution in [1.82, 2.24) is 10.0 Å². The Balaban J connectivity index is 0.00000121. The number of rotatable bonds is 4. The molecule has 0 unspecified atom stereocenters. The normalized spacial score (nSPS) is 18.2. The van der Waals surface area contributed by atoms with E-state index in [9.17, 15) is 0 Å². The fourth-order valence-electron chi connectivity index (χ4n) is 1.50. The third-order valence-corrected chi connectivity index (χ3v) is 2.25. The highest BCUT2D eigenvalue weighted by atomic mass is 35.5. The zero-order valence-electron chi connectivity index (χ0n) is 7.83. The van der Waals surface area contributed by atoms with Gasteiger partial charge in [0.2, 0.25) is 0 Å². The smallest absolute Gasteiger partial charge is 0.0142 e. The second kappa shape index (κ2) is 6.66. The molecule has 2 N–H and O–H groups in total. The van der Waals surface area contributed by atoms with Gasteiger partial charge in [0.15, 0.2) is 0 Å². The zero-order valence-corrected chi connectivity index (χ0v) is 8.65. The summed E-state index contributed by atoms with van der Waals surface area (Å²) in [7, 11) is 2.15. The highest BCUT2D eigenvalue weighted by Gasteiger charge is 2.14. The average molecular weight is 194 g/mol. The first-order valence-corrected chi connectivity index (χ1v) is 4.50. The van der Waals surface area contributed by atoms with Gasteiger partial charge in [-0.25, -0.2) is 10.0 Å². The SMILES string of the molecule is CN(CCCN)N1CCCC1.Cl. The number of hydrogen-bond acceptors (Lipinski definition) is 3. The van der Waals surface area contributed by atoms with Crippen LogP contribution in [0.15, 0.2) is 0 Å². The molecule has 0 amide bonds. The summed E-state index contributed by atoms with van der Waals surface area (Å²) in [6.07, 6.45) is 3.81. The molecule has 0 aliphatic carbocycles. The minimum atomic E-state index is 0. The molecule has 1 heterocycles. The first kappa shape index (κ1) is 12.2. The second-order valence-corrected chi connectivity index (χ2v) is 3.18. The third-order valence-electron chi connectivity index (χ3n) is 2.25. The van der Waals surface area contributed by atoms with Gasteiger partial charge in [0, 0.05) is 26.7 Å². The van der Waals surface area contributed by atoms with Gasteiger partial charge in [-0.3, -0.25) is 0 Å². The number of nitrogens with two attached hydrogens (primary N) is 1. The maximum atomic E-state index is 5.43. The predicted octanol–water partition coefficient (Wildman–Crippen LogP) is 0.700. The fraction of sp³-hybridized carbons (Fsp3) is 1.00. The highest BCUT2D eigenvalue weighted by molar-refractivity contribution is 5.85. The van der Waals surface area contributed by atoms with E-state index in [1.54, 1.807) is 0 Å². The largest absolute Gasteiger partial charge is 0.330 e. The van der Waals surface area contributed by atoms with Gasteiger partial charge in [0.05, 0.1) is 0 Å². The standard InChI is InChI=1S/C8H19N3.ClH/c1-10(6-4-5-9)11-7-2-3-8-11;/h2-9H2,1H3;1H. The molecule has 1 aliphatic rings. The molecule has 0 aromatic rings. The minimum absolute atomic E-state index is 0. The van der Waals surface area contributed by atoms with E-state index in [1.807, 2.05) is 0 Å². The van der Waals surface area contributed by atoms with Gasteiger partial charge in [-0.1, -0.05) is 0 Å². The van der Waals surface area contributed by atoms with E-state index >= 15 is 0 Å². The number of hydrazine groups is 1. The van der Waals surface area contributed by atoms with E-state index in [1.165, 1.54) is 25.9 Å². The van der Waals surface area contributed by atoms with Gasteiger partial charge < -0.3 is 5.73 Å². The van der Waals surface area contributed by atoms with Crippen LogP contribution in [-0.4, -0.2) is 43.2 Å². The van der Waals surface area contributed by atoms with Crippen molar-refractivity contribution in [3.8, 4) is 0 Å². The summed E-state index contributed by atoms with van der Waals surface area (Å²) in [5.74, 6) is 0. The molecule has 0 aromatic heterocycles. The van der Waals surface area contributed by atoms with Gasteiger partial charge in [-0.15, -0.1) is 12.4 Å². The van der Waals surface area contributed by atoms with Gasteiger partial charge in [0.1, 0.15) is 0 Å². The van der Waals surface area contributed by atoms with Crippen LogP contribution in [0.3, 0.4) is 0 Å². The van der Waals surface area contributed by atoms with Crippen LogP contribution in [0.25, 0.3) is 0 Å². The second-order valence-electron chi connectivity index (χ2n) is 3.18. The Labute approximate surface area is 81.3 Å². The summed E-state index contributed by atoms with van der Waals surface area (Å²) in [5.41, 5.74) is 5.43. The van der Waals surface area contributed by atoms with Crippen LogP contribution < -0.4 is 5.73 Å². The van der Waals surface area contributed by atoms with Crippen LogP contribution in [0.5, 0.6) is 0 Å². The number of hydrogen-bond donors (Lipinski definition) is 1. The van der Waals surface area contributed by atoms with E-state index < -0.39 is 0 Å². The molecule has 12 heavy (non-hydrogen) atoms. The van der Waals surface area contributed by atoms with Crippen molar-refractivity contribution >= 4 is 12.4 Å². The summed E-state index contributed by atoms with van der Waals surface area (Å²) in [5, 5.41) is 4.72. The maximum absolute atomic E-state index is 5.43. The maximum Gasteiger partial charge on any atom is 0.0142 e. The molecule has 1 rings (SSSR count). The molecule has 4 heteroatoms. The van der Waals surface area contributed by atoms with E-state index in [0.29, 0.717) is 0 Å². The minimum Gasteiger partial charge on any atom is -0.330 e. The van der Waals surface area contributed by atoms with Gasteiger partial charge >= 0.3 is 0 Å². The molecule has 0 aromatic carbocycles. The Bertz CT molecular complexity index is 104. The molecule has 0 saturated carbocycles. The van der Waals surface area contributed by atoms with E-state index in [-0.39, 0.29) is 12.4 Å². The number of nitrogens with zero attached hydrogens (tertiary/aromatic N) is 2. The van der Waals surface area contributed by atoms with Crippen molar-refractivity contribution in [3.05, 3.63) is 0 Å². The molecule has 1 saturated heterocycles. The molecule has 0 atom stereocenters. The number of halogens is 1. The monoisotopic (exact) mass is 193 g/mol. The molecule has 1 aliphatic heterocycles. The van der Waals surface area contributed by atoms with E-state index in [0.717, 1.165) is 19.5 Å². The van der Waals surface area contributed by atoms with Crippen LogP contribution in [0.2, 0.25) is 0 Å². The Kier molecular flexibility index (Phi) is 6.76. The summed E-state index contributed by atoms with van der Waals surface area (Å²) in [6, 6.07) is 0. The Hall–Kier alpha value is 0.170. The molecule has 3 nitrogen and oxygen atoms in total. The Morgan fingerprint density at radius 1 is 1.33 bits per heavy atom.